The molecule has 0 saturated heterocycles. The van der Waals surface area contributed by atoms with Crippen LogP contribution >= 0.6 is 0 Å². The lowest BCUT2D eigenvalue weighted by atomic mass is 10.0. The van der Waals surface area contributed by atoms with E-state index in [4.69, 9.17) is 15.6 Å². The van der Waals surface area contributed by atoms with Crippen LogP contribution < -0.4 is 10.5 Å². The van der Waals surface area contributed by atoms with Crippen molar-refractivity contribution in [3.8, 4) is 5.75 Å². The molecule has 4 nitrogen and oxygen atoms in total. The zero-order chi connectivity index (χ0) is 10.7. The van der Waals surface area contributed by atoms with Crippen molar-refractivity contribution < 1.29 is 14.6 Å². The molecule has 1 aromatic rings. The summed E-state index contributed by atoms with van der Waals surface area (Å²) in [5.41, 5.74) is 6.92. The standard InChI is InChI=1S/C10H13NO3/c1-6-5-7(14-2)3-4-8(6)9(11)10(12)13/h3-5,9H,11H2,1-2H3,(H,12,13). The zero-order valence-electron chi connectivity index (χ0n) is 8.15. The van der Waals surface area contributed by atoms with E-state index in [9.17, 15) is 4.79 Å². The molecule has 1 aromatic carbocycles. The molecule has 1 atom stereocenters. The number of aryl methyl sites for hydroxylation is 1. The number of hydrogen-bond donors (Lipinski definition) is 2. The molecule has 0 aliphatic rings. The normalized spacial score (nSPS) is 12.2. The average Bonchev–Trinajstić information content (AvgIpc) is 2.16. The van der Waals surface area contributed by atoms with Crippen LogP contribution in [0.3, 0.4) is 0 Å². The lowest BCUT2D eigenvalue weighted by Crippen LogP contribution is -2.21. The average molecular weight is 195 g/mol. The molecule has 0 aliphatic carbocycles. The Morgan fingerprint density at radius 1 is 1.57 bits per heavy atom. The van der Waals surface area contributed by atoms with E-state index < -0.39 is 12.0 Å². The highest BCUT2D eigenvalue weighted by Gasteiger charge is 2.16. The molecule has 76 valence electrons. The molecule has 0 saturated carbocycles. The minimum Gasteiger partial charge on any atom is -0.497 e. The fourth-order valence-electron chi connectivity index (χ4n) is 1.26. The molecular formula is C10H13NO3. The summed E-state index contributed by atoms with van der Waals surface area (Å²) in [6, 6.07) is 4.16. The highest BCUT2D eigenvalue weighted by Crippen LogP contribution is 2.21. The van der Waals surface area contributed by atoms with Gasteiger partial charge in [0.15, 0.2) is 0 Å². The maximum atomic E-state index is 10.7. The molecule has 0 aromatic heterocycles. The van der Waals surface area contributed by atoms with Crippen LogP contribution in [0.5, 0.6) is 5.75 Å². The predicted molar refractivity (Wildman–Crippen MR) is 52.3 cm³/mol. The first-order valence-corrected chi connectivity index (χ1v) is 4.19. The molecule has 1 rings (SSSR count). The second kappa shape index (κ2) is 4.11. The van der Waals surface area contributed by atoms with Gasteiger partial charge in [-0.2, -0.15) is 0 Å². The fraction of sp³-hybridized carbons (Fsp3) is 0.300. The smallest absolute Gasteiger partial charge is 0.325 e. The molecule has 0 bridgehead atoms. The van der Waals surface area contributed by atoms with Crippen LogP contribution in [0.1, 0.15) is 17.2 Å². The Morgan fingerprint density at radius 3 is 2.64 bits per heavy atom. The van der Waals surface area contributed by atoms with E-state index in [1.165, 1.54) is 0 Å². The van der Waals surface area contributed by atoms with Gasteiger partial charge in [-0.05, 0) is 30.2 Å². The zero-order valence-corrected chi connectivity index (χ0v) is 8.15. The van der Waals surface area contributed by atoms with Crippen molar-refractivity contribution in [3.63, 3.8) is 0 Å². The molecule has 0 spiro atoms. The number of carboxylic acid groups (broad SMARTS) is 1. The number of carboxylic acids is 1. The van der Waals surface area contributed by atoms with Crippen LogP contribution in [0.25, 0.3) is 0 Å². The van der Waals surface area contributed by atoms with Gasteiger partial charge in [-0.3, -0.25) is 4.79 Å². The van der Waals surface area contributed by atoms with Gasteiger partial charge in [0.2, 0.25) is 0 Å². The number of rotatable bonds is 3. The minimum atomic E-state index is -1.03. The predicted octanol–water partition coefficient (Wildman–Crippen LogP) is 1.09. The highest BCUT2D eigenvalue weighted by molar-refractivity contribution is 5.75. The van der Waals surface area contributed by atoms with E-state index in [-0.39, 0.29) is 0 Å². The van der Waals surface area contributed by atoms with Crippen LogP contribution in [0, 0.1) is 6.92 Å². The number of methoxy groups -OCH3 is 1. The Labute approximate surface area is 82.3 Å². The quantitative estimate of drug-likeness (QED) is 0.757. The Bertz CT molecular complexity index is 349. The number of carbonyl (C=O) groups is 1. The van der Waals surface area contributed by atoms with Gasteiger partial charge in [0.1, 0.15) is 11.8 Å². The first-order valence-electron chi connectivity index (χ1n) is 4.19. The maximum absolute atomic E-state index is 10.7. The number of benzene rings is 1. The summed E-state index contributed by atoms with van der Waals surface area (Å²) in [6.07, 6.45) is 0. The summed E-state index contributed by atoms with van der Waals surface area (Å²) in [4.78, 5) is 10.7. The van der Waals surface area contributed by atoms with Gasteiger partial charge < -0.3 is 15.6 Å². The van der Waals surface area contributed by atoms with Gasteiger partial charge in [0.25, 0.3) is 0 Å². The van der Waals surface area contributed by atoms with Crippen molar-refractivity contribution in [2.24, 2.45) is 5.73 Å². The lowest BCUT2D eigenvalue weighted by Gasteiger charge is -2.11. The molecule has 0 fully saturated rings. The topological polar surface area (TPSA) is 72.5 Å². The van der Waals surface area contributed by atoms with Gasteiger partial charge in [0, 0.05) is 0 Å². The summed E-state index contributed by atoms with van der Waals surface area (Å²) in [5, 5.41) is 8.73. The minimum absolute atomic E-state index is 0.610. The first kappa shape index (κ1) is 10.5. The molecule has 0 aliphatic heterocycles. The van der Waals surface area contributed by atoms with Gasteiger partial charge in [-0.15, -0.1) is 0 Å². The maximum Gasteiger partial charge on any atom is 0.325 e. The van der Waals surface area contributed by atoms with Crippen molar-refractivity contribution in [1.29, 1.82) is 0 Å². The monoisotopic (exact) mass is 195 g/mol. The Hall–Kier alpha value is -1.55. The van der Waals surface area contributed by atoms with E-state index in [1.807, 2.05) is 0 Å². The molecule has 0 amide bonds. The van der Waals surface area contributed by atoms with E-state index in [1.54, 1.807) is 32.2 Å². The van der Waals surface area contributed by atoms with Crippen molar-refractivity contribution >= 4 is 5.97 Å². The van der Waals surface area contributed by atoms with Gasteiger partial charge in [-0.1, -0.05) is 6.07 Å². The molecule has 4 heteroatoms. The van der Waals surface area contributed by atoms with Gasteiger partial charge in [0.05, 0.1) is 7.11 Å². The highest BCUT2D eigenvalue weighted by atomic mass is 16.5. The number of aliphatic carboxylic acids is 1. The van der Waals surface area contributed by atoms with Crippen LogP contribution in [-0.4, -0.2) is 18.2 Å². The summed E-state index contributed by atoms with van der Waals surface area (Å²) in [5.74, 6) is -0.331. The largest absolute Gasteiger partial charge is 0.497 e. The number of hydrogen-bond acceptors (Lipinski definition) is 3. The molecule has 1 unspecified atom stereocenters. The Kier molecular flexibility index (Phi) is 3.09. The molecule has 14 heavy (non-hydrogen) atoms. The lowest BCUT2D eigenvalue weighted by molar-refractivity contribution is -0.138. The molecule has 3 N–H and O–H groups in total. The summed E-state index contributed by atoms with van der Waals surface area (Å²) < 4.78 is 5.00. The molecule has 0 radical (unpaired) electrons. The van der Waals surface area contributed by atoms with Crippen molar-refractivity contribution in [2.75, 3.05) is 7.11 Å². The van der Waals surface area contributed by atoms with Crippen molar-refractivity contribution in [1.82, 2.24) is 0 Å². The SMILES string of the molecule is COc1ccc(C(N)C(=O)O)c(C)c1. The third-order valence-corrected chi connectivity index (χ3v) is 2.08. The van der Waals surface area contributed by atoms with Crippen LogP contribution in [0.15, 0.2) is 18.2 Å². The van der Waals surface area contributed by atoms with Gasteiger partial charge >= 0.3 is 5.97 Å². The molecular weight excluding hydrogens is 182 g/mol. The van der Waals surface area contributed by atoms with Crippen LogP contribution in [0.4, 0.5) is 0 Å². The number of ether oxygens (including phenoxy) is 1. The van der Waals surface area contributed by atoms with Crippen molar-refractivity contribution in [2.45, 2.75) is 13.0 Å². The van der Waals surface area contributed by atoms with E-state index in [2.05, 4.69) is 0 Å². The number of nitrogens with two attached hydrogens (primary N) is 1. The van der Waals surface area contributed by atoms with E-state index in [0.717, 1.165) is 5.56 Å². The Morgan fingerprint density at radius 2 is 2.21 bits per heavy atom. The molecule has 0 heterocycles. The second-order valence-corrected chi connectivity index (χ2v) is 3.04. The summed E-state index contributed by atoms with van der Waals surface area (Å²) in [6.45, 7) is 1.81. The van der Waals surface area contributed by atoms with E-state index in [0.29, 0.717) is 11.3 Å². The van der Waals surface area contributed by atoms with Crippen LogP contribution in [0.2, 0.25) is 0 Å². The van der Waals surface area contributed by atoms with Crippen molar-refractivity contribution in [3.05, 3.63) is 29.3 Å². The Balaban J connectivity index is 3.05. The summed E-state index contributed by atoms with van der Waals surface area (Å²) in [7, 11) is 1.56. The summed E-state index contributed by atoms with van der Waals surface area (Å²) >= 11 is 0. The van der Waals surface area contributed by atoms with Gasteiger partial charge in [-0.25, -0.2) is 0 Å². The third-order valence-electron chi connectivity index (χ3n) is 2.08. The fourth-order valence-corrected chi connectivity index (χ4v) is 1.26. The van der Waals surface area contributed by atoms with Crippen LogP contribution in [-0.2, 0) is 4.79 Å². The van der Waals surface area contributed by atoms with E-state index >= 15 is 0 Å². The first-order chi connectivity index (χ1) is 6.56. The second-order valence-electron chi connectivity index (χ2n) is 3.04. The third kappa shape index (κ3) is 2.03.